The number of alkyl halides is 3. The first kappa shape index (κ1) is 17.2. The zero-order valence-electron chi connectivity index (χ0n) is 12.7. The summed E-state index contributed by atoms with van der Waals surface area (Å²) in [6.07, 6.45) is -2.54. The molecule has 0 aromatic heterocycles. The summed E-state index contributed by atoms with van der Waals surface area (Å²) in [5.41, 5.74) is 1.05. The molecule has 0 radical (unpaired) electrons. The van der Waals surface area contributed by atoms with Crippen molar-refractivity contribution in [2.24, 2.45) is 5.92 Å². The van der Waals surface area contributed by atoms with E-state index in [1.807, 2.05) is 6.92 Å². The normalized spacial score (nSPS) is 21.2. The lowest BCUT2D eigenvalue weighted by Crippen LogP contribution is -2.36. The van der Waals surface area contributed by atoms with Gasteiger partial charge in [-0.3, -0.25) is 4.90 Å². The van der Waals surface area contributed by atoms with E-state index in [4.69, 9.17) is 0 Å². The minimum atomic E-state index is -4.11. The van der Waals surface area contributed by atoms with Gasteiger partial charge in [-0.25, -0.2) is 4.39 Å². The fourth-order valence-corrected chi connectivity index (χ4v) is 2.89. The van der Waals surface area contributed by atoms with Crippen molar-refractivity contribution in [2.75, 3.05) is 26.2 Å². The maximum atomic E-state index is 12.8. The van der Waals surface area contributed by atoms with Crippen LogP contribution >= 0.6 is 0 Å². The van der Waals surface area contributed by atoms with Crippen LogP contribution in [0.5, 0.6) is 0 Å². The monoisotopic (exact) mass is 318 g/mol. The number of rotatable bonds is 6. The standard InChI is InChI=1S/C16H22F4N2/c1-12(8-13-2-4-15(17)5-3-13)21-9-14-6-7-22(10-14)11-16(18,19)20/h2-5,12,14,21H,6-11H2,1H3/t12-,14+/m0/s1. The predicted octanol–water partition coefficient (Wildman–Crippen LogP) is 3.23. The first-order valence-corrected chi connectivity index (χ1v) is 7.59. The Kier molecular flexibility index (Phi) is 5.81. The summed E-state index contributed by atoms with van der Waals surface area (Å²) in [4.78, 5) is 1.47. The van der Waals surface area contributed by atoms with Crippen LogP contribution in [-0.2, 0) is 6.42 Å². The molecule has 6 heteroatoms. The molecule has 2 rings (SSSR count). The molecule has 0 aliphatic carbocycles. The molecule has 22 heavy (non-hydrogen) atoms. The number of nitrogens with zero attached hydrogens (tertiary/aromatic N) is 1. The third-order valence-corrected chi connectivity index (χ3v) is 3.98. The van der Waals surface area contributed by atoms with Crippen molar-refractivity contribution in [3.63, 3.8) is 0 Å². The number of hydrogen-bond acceptors (Lipinski definition) is 2. The van der Waals surface area contributed by atoms with Crippen molar-refractivity contribution in [1.82, 2.24) is 10.2 Å². The summed E-state index contributed by atoms with van der Waals surface area (Å²) in [6.45, 7) is 2.95. The van der Waals surface area contributed by atoms with Gasteiger partial charge in [-0.1, -0.05) is 12.1 Å². The van der Waals surface area contributed by atoms with E-state index in [0.717, 1.165) is 24.9 Å². The molecule has 0 amide bonds. The minimum Gasteiger partial charge on any atom is -0.314 e. The smallest absolute Gasteiger partial charge is 0.314 e. The molecule has 1 aliphatic rings. The fraction of sp³-hybridized carbons (Fsp3) is 0.625. The van der Waals surface area contributed by atoms with Gasteiger partial charge in [-0.2, -0.15) is 13.2 Å². The Morgan fingerprint density at radius 2 is 1.95 bits per heavy atom. The van der Waals surface area contributed by atoms with Crippen molar-refractivity contribution in [2.45, 2.75) is 32.0 Å². The average Bonchev–Trinajstić information content (AvgIpc) is 2.84. The van der Waals surface area contributed by atoms with Crippen LogP contribution in [0.1, 0.15) is 18.9 Å². The molecule has 0 bridgehead atoms. The Morgan fingerprint density at radius 3 is 2.59 bits per heavy atom. The molecule has 1 saturated heterocycles. The van der Waals surface area contributed by atoms with Crippen LogP contribution < -0.4 is 5.32 Å². The molecule has 0 spiro atoms. The Labute approximate surface area is 128 Å². The van der Waals surface area contributed by atoms with Gasteiger partial charge in [0.1, 0.15) is 5.82 Å². The van der Waals surface area contributed by atoms with E-state index in [1.54, 1.807) is 12.1 Å². The molecule has 1 N–H and O–H groups in total. The van der Waals surface area contributed by atoms with E-state index in [2.05, 4.69) is 5.32 Å². The summed E-state index contributed by atoms with van der Waals surface area (Å²) < 4.78 is 49.8. The number of hydrogen-bond donors (Lipinski definition) is 1. The molecule has 1 aromatic rings. The Bertz CT molecular complexity index is 458. The quantitative estimate of drug-likeness (QED) is 0.810. The van der Waals surface area contributed by atoms with Crippen LogP contribution in [0, 0.1) is 11.7 Å². The van der Waals surface area contributed by atoms with Crippen LogP contribution in [0.2, 0.25) is 0 Å². The van der Waals surface area contributed by atoms with Gasteiger partial charge >= 0.3 is 6.18 Å². The van der Waals surface area contributed by atoms with Crippen LogP contribution in [0.25, 0.3) is 0 Å². The van der Waals surface area contributed by atoms with E-state index in [-0.39, 0.29) is 17.8 Å². The summed E-state index contributed by atoms with van der Waals surface area (Å²) in [6, 6.07) is 6.60. The highest BCUT2D eigenvalue weighted by Crippen LogP contribution is 2.22. The third kappa shape index (κ3) is 5.93. The minimum absolute atomic E-state index is 0.210. The van der Waals surface area contributed by atoms with E-state index < -0.39 is 12.7 Å². The van der Waals surface area contributed by atoms with E-state index in [1.165, 1.54) is 17.0 Å². The molecular weight excluding hydrogens is 296 g/mol. The second kappa shape index (κ2) is 7.42. The van der Waals surface area contributed by atoms with Crippen molar-refractivity contribution >= 4 is 0 Å². The summed E-state index contributed by atoms with van der Waals surface area (Å²) in [5, 5.41) is 3.37. The zero-order valence-corrected chi connectivity index (χ0v) is 12.7. The lowest BCUT2D eigenvalue weighted by molar-refractivity contribution is -0.143. The molecule has 0 saturated carbocycles. The molecule has 2 atom stereocenters. The number of benzene rings is 1. The first-order chi connectivity index (χ1) is 10.3. The first-order valence-electron chi connectivity index (χ1n) is 7.59. The van der Waals surface area contributed by atoms with Gasteiger partial charge < -0.3 is 5.32 Å². The van der Waals surface area contributed by atoms with Gasteiger partial charge in [0.05, 0.1) is 6.54 Å². The summed E-state index contributed by atoms with van der Waals surface area (Å²) in [5.74, 6) is 0.0121. The Balaban J connectivity index is 1.69. The van der Waals surface area contributed by atoms with Crippen molar-refractivity contribution < 1.29 is 17.6 Å². The molecule has 1 aromatic carbocycles. The molecule has 0 unspecified atom stereocenters. The van der Waals surface area contributed by atoms with Crippen LogP contribution in [-0.4, -0.2) is 43.3 Å². The molecule has 1 fully saturated rings. The van der Waals surface area contributed by atoms with Crippen molar-refractivity contribution in [1.29, 1.82) is 0 Å². The second-order valence-corrected chi connectivity index (χ2v) is 6.14. The Hall–Kier alpha value is -1.14. The predicted molar refractivity (Wildman–Crippen MR) is 78.2 cm³/mol. The van der Waals surface area contributed by atoms with Gasteiger partial charge in [0.25, 0.3) is 0 Å². The van der Waals surface area contributed by atoms with Crippen LogP contribution in [0.3, 0.4) is 0 Å². The van der Waals surface area contributed by atoms with E-state index in [9.17, 15) is 17.6 Å². The van der Waals surface area contributed by atoms with Gasteiger partial charge in [0.15, 0.2) is 0 Å². The largest absolute Gasteiger partial charge is 0.401 e. The highest BCUT2D eigenvalue weighted by Gasteiger charge is 2.34. The van der Waals surface area contributed by atoms with Crippen LogP contribution in [0.4, 0.5) is 17.6 Å². The van der Waals surface area contributed by atoms with Crippen LogP contribution in [0.15, 0.2) is 24.3 Å². The Morgan fingerprint density at radius 1 is 1.27 bits per heavy atom. The number of likely N-dealkylation sites (tertiary alicyclic amines) is 1. The summed E-state index contributed by atoms with van der Waals surface area (Å²) in [7, 11) is 0. The molecule has 2 nitrogen and oxygen atoms in total. The maximum absolute atomic E-state index is 12.8. The third-order valence-electron chi connectivity index (χ3n) is 3.98. The van der Waals surface area contributed by atoms with Crippen molar-refractivity contribution in [3.8, 4) is 0 Å². The molecule has 1 aliphatic heterocycles. The van der Waals surface area contributed by atoms with Crippen molar-refractivity contribution in [3.05, 3.63) is 35.6 Å². The van der Waals surface area contributed by atoms with Gasteiger partial charge in [-0.15, -0.1) is 0 Å². The lowest BCUT2D eigenvalue weighted by atomic mass is 10.1. The second-order valence-electron chi connectivity index (χ2n) is 6.14. The SMILES string of the molecule is C[C@@H](Cc1ccc(F)cc1)NC[C@H]1CCN(CC(F)(F)F)C1. The van der Waals surface area contributed by atoms with E-state index >= 15 is 0 Å². The average molecular weight is 318 g/mol. The molecule has 1 heterocycles. The van der Waals surface area contributed by atoms with Gasteiger partial charge in [-0.05, 0) is 56.5 Å². The van der Waals surface area contributed by atoms with Gasteiger partial charge in [0.2, 0.25) is 0 Å². The molecular formula is C16H22F4N2. The number of nitrogens with one attached hydrogen (secondary N) is 1. The maximum Gasteiger partial charge on any atom is 0.401 e. The highest BCUT2D eigenvalue weighted by molar-refractivity contribution is 5.16. The topological polar surface area (TPSA) is 15.3 Å². The number of halogens is 4. The van der Waals surface area contributed by atoms with Gasteiger partial charge in [0, 0.05) is 12.6 Å². The van der Waals surface area contributed by atoms with E-state index in [0.29, 0.717) is 13.1 Å². The zero-order chi connectivity index (χ0) is 16.2. The summed E-state index contributed by atoms with van der Waals surface area (Å²) >= 11 is 0. The fourth-order valence-electron chi connectivity index (χ4n) is 2.89. The molecule has 124 valence electrons. The highest BCUT2D eigenvalue weighted by atomic mass is 19.4. The lowest BCUT2D eigenvalue weighted by Gasteiger charge is -2.19.